The standard InChI is InChI=1S/C8H16Cl2OSi/c1-7(2)5-6-11-12(3,4)8(9)10/h5,8H,6H2,1-4H3. The fourth-order valence-corrected chi connectivity index (χ4v) is 1.50. The highest BCUT2D eigenvalue weighted by Gasteiger charge is 2.30. The summed E-state index contributed by atoms with van der Waals surface area (Å²) in [5.41, 5.74) is 1.25. The Hall–Kier alpha value is 0.497. The van der Waals surface area contributed by atoms with Crippen LogP contribution in [0, 0.1) is 0 Å². The van der Waals surface area contributed by atoms with E-state index in [4.69, 9.17) is 27.6 Å². The van der Waals surface area contributed by atoms with Crippen LogP contribution >= 0.6 is 23.2 Å². The number of rotatable bonds is 4. The van der Waals surface area contributed by atoms with Crippen LogP contribution < -0.4 is 0 Å². The largest absolute Gasteiger partial charge is 0.411 e. The summed E-state index contributed by atoms with van der Waals surface area (Å²) in [5, 5.41) is 0. The first-order valence-corrected chi connectivity index (χ1v) is 7.77. The number of hydrogen-bond donors (Lipinski definition) is 0. The van der Waals surface area contributed by atoms with Crippen LogP contribution in [0.2, 0.25) is 13.1 Å². The van der Waals surface area contributed by atoms with Crippen molar-refractivity contribution in [2.75, 3.05) is 6.61 Å². The Bertz CT molecular complexity index is 162. The molecule has 1 nitrogen and oxygen atoms in total. The Morgan fingerprint density at radius 3 is 2.25 bits per heavy atom. The van der Waals surface area contributed by atoms with Gasteiger partial charge in [0.05, 0.1) is 6.61 Å². The van der Waals surface area contributed by atoms with E-state index in [1.54, 1.807) is 0 Å². The minimum Gasteiger partial charge on any atom is -0.411 e. The average Bonchev–Trinajstić information content (AvgIpc) is 1.85. The molecule has 0 radical (unpaired) electrons. The SMILES string of the molecule is CC(C)=CCO[Si](C)(C)C(Cl)Cl. The summed E-state index contributed by atoms with van der Waals surface area (Å²) in [7, 11) is -1.86. The summed E-state index contributed by atoms with van der Waals surface area (Å²) in [4.78, 5) is 0. The van der Waals surface area contributed by atoms with E-state index in [1.165, 1.54) is 5.57 Å². The van der Waals surface area contributed by atoms with Gasteiger partial charge in [-0.3, -0.25) is 0 Å². The molecule has 0 aliphatic heterocycles. The molecule has 0 N–H and O–H groups in total. The molecule has 0 spiro atoms. The van der Waals surface area contributed by atoms with Crippen molar-refractivity contribution in [3.8, 4) is 0 Å². The lowest BCUT2D eigenvalue weighted by Crippen LogP contribution is -2.38. The van der Waals surface area contributed by atoms with Crippen molar-refractivity contribution in [3.63, 3.8) is 0 Å². The Morgan fingerprint density at radius 1 is 1.42 bits per heavy atom. The Kier molecular flexibility index (Phi) is 5.49. The van der Waals surface area contributed by atoms with Crippen LogP contribution in [0.25, 0.3) is 0 Å². The minimum atomic E-state index is -1.86. The highest BCUT2D eigenvalue weighted by Crippen LogP contribution is 2.19. The maximum absolute atomic E-state index is 5.77. The minimum absolute atomic E-state index is 0.358. The van der Waals surface area contributed by atoms with Gasteiger partial charge in [0.15, 0.2) is 0 Å². The van der Waals surface area contributed by atoms with E-state index in [2.05, 4.69) is 0 Å². The molecule has 0 aliphatic rings. The maximum Gasteiger partial charge on any atom is 0.220 e. The van der Waals surface area contributed by atoms with Crippen molar-refractivity contribution in [1.29, 1.82) is 0 Å². The van der Waals surface area contributed by atoms with Gasteiger partial charge in [0, 0.05) is 0 Å². The van der Waals surface area contributed by atoms with E-state index in [-0.39, 0.29) is 4.46 Å². The average molecular weight is 227 g/mol. The van der Waals surface area contributed by atoms with E-state index in [1.807, 2.05) is 33.0 Å². The third-order valence-electron chi connectivity index (χ3n) is 1.47. The number of allylic oxidation sites excluding steroid dienone is 1. The lowest BCUT2D eigenvalue weighted by atomic mass is 10.3. The summed E-state index contributed by atoms with van der Waals surface area (Å²) in [6, 6.07) is 0. The molecule has 72 valence electrons. The van der Waals surface area contributed by atoms with Gasteiger partial charge in [-0.2, -0.15) is 0 Å². The normalized spacial score (nSPS) is 11.9. The van der Waals surface area contributed by atoms with Crippen LogP contribution in [0.5, 0.6) is 0 Å². The van der Waals surface area contributed by atoms with Gasteiger partial charge >= 0.3 is 0 Å². The summed E-state index contributed by atoms with van der Waals surface area (Å²) in [6.45, 7) is 8.72. The van der Waals surface area contributed by atoms with E-state index < -0.39 is 8.32 Å². The highest BCUT2D eigenvalue weighted by atomic mass is 35.5. The molecule has 12 heavy (non-hydrogen) atoms. The molecule has 0 aromatic heterocycles. The van der Waals surface area contributed by atoms with E-state index in [9.17, 15) is 0 Å². The smallest absolute Gasteiger partial charge is 0.220 e. The first-order valence-electron chi connectivity index (χ1n) is 3.91. The summed E-state index contributed by atoms with van der Waals surface area (Å²) in [5.74, 6) is 0. The van der Waals surface area contributed by atoms with E-state index >= 15 is 0 Å². The summed E-state index contributed by atoms with van der Waals surface area (Å²) < 4.78 is 5.24. The zero-order valence-corrected chi connectivity index (χ0v) is 10.5. The quantitative estimate of drug-likeness (QED) is 0.405. The predicted octanol–water partition coefficient (Wildman–Crippen LogP) is 3.52. The summed E-state index contributed by atoms with van der Waals surface area (Å²) >= 11 is 11.5. The molecule has 0 bridgehead atoms. The zero-order valence-electron chi connectivity index (χ0n) is 8.03. The van der Waals surface area contributed by atoms with Crippen LogP contribution in [0.4, 0.5) is 0 Å². The third-order valence-corrected chi connectivity index (χ3v) is 6.59. The van der Waals surface area contributed by atoms with Crippen molar-refractivity contribution in [1.82, 2.24) is 0 Å². The molecule has 0 amide bonds. The zero-order chi connectivity index (χ0) is 9.78. The lowest BCUT2D eigenvalue weighted by molar-refractivity contribution is 0.353. The number of halogens is 2. The van der Waals surface area contributed by atoms with E-state index in [0.29, 0.717) is 6.61 Å². The Balaban J connectivity index is 3.84. The second-order valence-electron chi connectivity index (χ2n) is 3.50. The molecule has 0 aromatic rings. The first kappa shape index (κ1) is 12.5. The molecule has 0 unspecified atom stereocenters. The van der Waals surface area contributed by atoms with Gasteiger partial charge in [0.1, 0.15) is 4.46 Å². The molecule has 0 fully saturated rings. The van der Waals surface area contributed by atoms with Gasteiger partial charge in [0.2, 0.25) is 8.32 Å². The van der Waals surface area contributed by atoms with Crippen molar-refractivity contribution in [3.05, 3.63) is 11.6 Å². The van der Waals surface area contributed by atoms with Crippen molar-refractivity contribution < 1.29 is 4.43 Å². The van der Waals surface area contributed by atoms with E-state index in [0.717, 1.165) is 0 Å². The molecular weight excluding hydrogens is 211 g/mol. The van der Waals surface area contributed by atoms with Crippen LogP contribution in [0.3, 0.4) is 0 Å². The van der Waals surface area contributed by atoms with Gasteiger partial charge in [-0.05, 0) is 26.9 Å². The number of hydrogen-bond acceptors (Lipinski definition) is 1. The second kappa shape index (κ2) is 5.27. The van der Waals surface area contributed by atoms with Crippen molar-refractivity contribution in [2.24, 2.45) is 0 Å². The molecule has 0 rings (SSSR count). The Morgan fingerprint density at radius 2 is 1.92 bits per heavy atom. The Labute approximate surface area is 85.8 Å². The molecule has 0 atom stereocenters. The fourth-order valence-electron chi connectivity index (χ4n) is 0.486. The molecule has 4 heteroatoms. The van der Waals surface area contributed by atoms with Gasteiger partial charge < -0.3 is 4.43 Å². The topological polar surface area (TPSA) is 9.23 Å². The third kappa shape index (κ3) is 5.20. The van der Waals surface area contributed by atoms with Crippen molar-refractivity contribution in [2.45, 2.75) is 31.4 Å². The monoisotopic (exact) mass is 226 g/mol. The maximum atomic E-state index is 5.77. The summed E-state index contributed by atoms with van der Waals surface area (Å²) in [6.07, 6.45) is 2.03. The van der Waals surface area contributed by atoms with Gasteiger partial charge in [-0.15, -0.1) is 23.2 Å². The van der Waals surface area contributed by atoms with Crippen LogP contribution in [0.15, 0.2) is 11.6 Å². The molecule has 0 saturated carbocycles. The molecule has 0 aromatic carbocycles. The highest BCUT2D eigenvalue weighted by molar-refractivity contribution is 6.88. The van der Waals surface area contributed by atoms with Crippen LogP contribution in [-0.2, 0) is 4.43 Å². The first-order chi connectivity index (χ1) is 5.36. The van der Waals surface area contributed by atoms with Gasteiger partial charge in [0.25, 0.3) is 0 Å². The second-order valence-corrected chi connectivity index (χ2v) is 9.40. The number of alkyl halides is 2. The predicted molar refractivity (Wildman–Crippen MR) is 58.4 cm³/mol. The molecule has 0 heterocycles. The molecule has 0 aliphatic carbocycles. The van der Waals surface area contributed by atoms with Crippen LogP contribution in [-0.4, -0.2) is 19.4 Å². The van der Waals surface area contributed by atoms with Crippen molar-refractivity contribution >= 4 is 31.5 Å². The lowest BCUT2D eigenvalue weighted by Gasteiger charge is -2.22. The van der Waals surface area contributed by atoms with Gasteiger partial charge in [-0.1, -0.05) is 11.6 Å². The molecular formula is C8H16Cl2OSi. The fraction of sp³-hybridized carbons (Fsp3) is 0.750. The van der Waals surface area contributed by atoms with Crippen LogP contribution in [0.1, 0.15) is 13.8 Å². The van der Waals surface area contributed by atoms with Gasteiger partial charge in [-0.25, -0.2) is 0 Å². The molecule has 0 saturated heterocycles.